The highest BCUT2D eigenvalue weighted by Gasteiger charge is 2.27. The molecule has 2 nitrogen and oxygen atoms in total. The van der Waals surface area contributed by atoms with E-state index in [0.29, 0.717) is 42.4 Å². The summed E-state index contributed by atoms with van der Waals surface area (Å²) < 4.78 is 0. The maximum Gasteiger partial charge on any atom is 0.156 e. The van der Waals surface area contributed by atoms with Gasteiger partial charge in [-0.25, -0.2) is 0 Å². The van der Waals surface area contributed by atoms with Crippen LogP contribution < -0.4 is 0 Å². The van der Waals surface area contributed by atoms with Gasteiger partial charge in [0.1, 0.15) is 0 Å². The van der Waals surface area contributed by atoms with Crippen LogP contribution in [-0.4, -0.2) is 20.3 Å². The van der Waals surface area contributed by atoms with E-state index >= 15 is 0 Å². The lowest BCUT2D eigenvalue weighted by atomic mass is 9.75. The van der Waals surface area contributed by atoms with E-state index in [9.17, 15) is 10.2 Å². The molecule has 220 valence electrons. The summed E-state index contributed by atoms with van der Waals surface area (Å²) in [5.41, 5.74) is 0. The third-order valence-corrected chi connectivity index (χ3v) is 9.13. The molecule has 0 rings (SSSR count). The first-order valence-electron chi connectivity index (χ1n) is 16.2. The van der Waals surface area contributed by atoms with Crippen molar-refractivity contribution in [1.29, 1.82) is 0 Å². The molecule has 5 unspecified atom stereocenters. The largest absolute Gasteiger partial charge is 0.502 e. The van der Waals surface area contributed by atoms with E-state index in [1.165, 1.54) is 103 Å². The van der Waals surface area contributed by atoms with Crippen molar-refractivity contribution >= 4 is 34.5 Å². The quantitative estimate of drug-likeness (QED) is 0.0779. The van der Waals surface area contributed by atoms with Gasteiger partial charge >= 0.3 is 0 Å². The first-order valence-corrected chi connectivity index (χ1v) is 17.0. The molecular weight excluding hydrogens is 492 g/mol. The predicted octanol–water partition coefficient (Wildman–Crippen LogP) is 12.1. The molecule has 0 saturated heterocycles. The highest BCUT2D eigenvalue weighted by atomic mass is 32.1. The first kappa shape index (κ1) is 36.8. The van der Waals surface area contributed by atoms with E-state index in [-0.39, 0.29) is 10.1 Å². The Morgan fingerprint density at radius 3 is 1.41 bits per heavy atom. The third-order valence-electron chi connectivity index (χ3n) is 8.80. The average molecular weight is 557 g/mol. The molecule has 0 amide bonds. The highest BCUT2D eigenvalue weighted by Crippen LogP contribution is 2.36. The van der Waals surface area contributed by atoms with Crippen LogP contribution in [0.25, 0.3) is 0 Å². The Morgan fingerprint density at radius 1 is 0.541 bits per heavy atom. The van der Waals surface area contributed by atoms with Gasteiger partial charge in [-0.2, -0.15) is 0 Å². The fourth-order valence-corrected chi connectivity index (χ4v) is 6.72. The monoisotopic (exact) mass is 556 g/mol. The summed E-state index contributed by atoms with van der Waals surface area (Å²) >= 11 is 10.3. The van der Waals surface area contributed by atoms with Crippen LogP contribution in [0.15, 0.2) is 0 Å². The molecule has 0 aromatic heterocycles. The number of aliphatic hydroxyl groups is 2. The van der Waals surface area contributed by atoms with Crippen molar-refractivity contribution in [2.24, 2.45) is 29.6 Å². The van der Waals surface area contributed by atoms with Crippen LogP contribution >= 0.6 is 24.4 Å². The average Bonchev–Trinajstić information content (AvgIpc) is 2.85. The summed E-state index contributed by atoms with van der Waals surface area (Å²) in [6.07, 6.45) is 25.8. The van der Waals surface area contributed by atoms with E-state index in [1.807, 2.05) is 0 Å². The predicted molar refractivity (Wildman–Crippen MR) is 173 cm³/mol. The summed E-state index contributed by atoms with van der Waals surface area (Å²) in [5.74, 6) is 2.73. The highest BCUT2D eigenvalue weighted by molar-refractivity contribution is 7.80. The van der Waals surface area contributed by atoms with Gasteiger partial charge in [-0.05, 0) is 73.3 Å². The van der Waals surface area contributed by atoms with Gasteiger partial charge in [-0.15, -0.1) is 0 Å². The maximum atomic E-state index is 10.1. The van der Waals surface area contributed by atoms with Crippen molar-refractivity contribution in [2.45, 2.75) is 169 Å². The number of aliphatic hydroxyl groups excluding tert-OH is 2. The van der Waals surface area contributed by atoms with Crippen LogP contribution in [0.4, 0.5) is 0 Å². The molecule has 0 aromatic rings. The molecule has 5 atom stereocenters. The molecule has 4 heteroatoms. The lowest BCUT2D eigenvalue weighted by Crippen LogP contribution is -2.23. The minimum absolute atomic E-state index is 0.162. The SMILES string of the molecule is CCCCCCCCC(CC)CC(CC(O)=S)CC(C)C(CC(O)=S)CC(CC)CCCCCCCC. The fourth-order valence-electron chi connectivity index (χ4n) is 6.27. The summed E-state index contributed by atoms with van der Waals surface area (Å²) in [4.78, 5) is 0. The fraction of sp³-hybridized carbons (Fsp3) is 0.939. The lowest BCUT2D eigenvalue weighted by Gasteiger charge is -2.31. The molecule has 0 fully saturated rings. The zero-order valence-electron chi connectivity index (χ0n) is 25.4. The third kappa shape index (κ3) is 21.3. The minimum Gasteiger partial charge on any atom is -0.502 e. The Morgan fingerprint density at radius 2 is 0.973 bits per heavy atom. The molecule has 2 N–H and O–H groups in total. The molecule has 0 aromatic carbocycles. The van der Waals surface area contributed by atoms with Crippen molar-refractivity contribution in [3.63, 3.8) is 0 Å². The molecular formula is C33H64O2S2. The van der Waals surface area contributed by atoms with Gasteiger partial charge in [0.15, 0.2) is 10.1 Å². The topological polar surface area (TPSA) is 40.5 Å². The van der Waals surface area contributed by atoms with Crippen molar-refractivity contribution in [1.82, 2.24) is 0 Å². The maximum absolute atomic E-state index is 10.1. The van der Waals surface area contributed by atoms with Gasteiger partial charge in [0, 0.05) is 12.8 Å². The van der Waals surface area contributed by atoms with E-state index < -0.39 is 0 Å². The van der Waals surface area contributed by atoms with E-state index in [2.05, 4.69) is 34.6 Å². The normalized spacial score (nSPS) is 15.7. The van der Waals surface area contributed by atoms with Crippen LogP contribution in [0.5, 0.6) is 0 Å². The molecule has 0 radical (unpaired) electrons. The van der Waals surface area contributed by atoms with Gasteiger partial charge in [0.05, 0.1) is 0 Å². The molecule has 0 heterocycles. The number of hydrogen-bond donors (Lipinski definition) is 2. The van der Waals surface area contributed by atoms with Gasteiger partial charge in [0.2, 0.25) is 0 Å². The van der Waals surface area contributed by atoms with Crippen molar-refractivity contribution in [2.75, 3.05) is 0 Å². The van der Waals surface area contributed by atoms with Crippen molar-refractivity contribution in [3.05, 3.63) is 0 Å². The summed E-state index contributed by atoms with van der Waals surface area (Å²) in [6.45, 7) is 11.5. The summed E-state index contributed by atoms with van der Waals surface area (Å²) in [5, 5.41) is 20.4. The van der Waals surface area contributed by atoms with E-state index in [4.69, 9.17) is 24.4 Å². The Kier molecular flexibility index (Phi) is 24.6. The zero-order chi connectivity index (χ0) is 27.9. The number of rotatable bonds is 27. The van der Waals surface area contributed by atoms with Crippen molar-refractivity contribution < 1.29 is 10.2 Å². The molecule has 0 aliphatic rings. The van der Waals surface area contributed by atoms with Crippen LogP contribution in [0.2, 0.25) is 0 Å². The molecule has 0 spiro atoms. The summed E-state index contributed by atoms with van der Waals surface area (Å²) in [6, 6.07) is 0. The van der Waals surface area contributed by atoms with Gasteiger partial charge < -0.3 is 10.2 Å². The second-order valence-electron chi connectivity index (χ2n) is 12.2. The molecule has 0 aliphatic carbocycles. The van der Waals surface area contributed by atoms with E-state index in [1.54, 1.807) is 0 Å². The number of thiocarbonyl (C=S) groups is 2. The van der Waals surface area contributed by atoms with Gasteiger partial charge in [0.25, 0.3) is 0 Å². The Bertz CT molecular complexity index is 550. The standard InChI is InChI=1S/C33H64O2S2/c1-6-10-12-14-16-18-20-28(8-3)23-30(25-32(34)36)22-27(5)31(26-33(35)37)24-29(9-4)21-19-17-15-13-11-7-2/h27-31H,6-26H2,1-5H3,(H,34,36)(H,35,37). The lowest BCUT2D eigenvalue weighted by molar-refractivity contribution is 0.211. The molecule has 0 aliphatic heterocycles. The Labute approximate surface area is 243 Å². The molecule has 37 heavy (non-hydrogen) atoms. The number of unbranched alkanes of at least 4 members (excludes halogenated alkanes) is 10. The van der Waals surface area contributed by atoms with Crippen LogP contribution in [-0.2, 0) is 0 Å². The smallest absolute Gasteiger partial charge is 0.156 e. The summed E-state index contributed by atoms with van der Waals surface area (Å²) in [7, 11) is 0. The van der Waals surface area contributed by atoms with Gasteiger partial charge in [-0.3, -0.25) is 0 Å². The molecule has 0 bridgehead atoms. The Hall–Kier alpha value is -0.220. The first-order chi connectivity index (χ1) is 17.8. The Balaban J connectivity index is 4.97. The van der Waals surface area contributed by atoms with Crippen LogP contribution in [0, 0.1) is 29.6 Å². The molecule has 0 saturated carbocycles. The second-order valence-corrected chi connectivity index (χ2v) is 13.1. The van der Waals surface area contributed by atoms with Crippen molar-refractivity contribution in [3.8, 4) is 0 Å². The van der Waals surface area contributed by atoms with Gasteiger partial charge in [-0.1, -0.05) is 137 Å². The minimum atomic E-state index is 0.162. The van der Waals surface area contributed by atoms with Crippen LogP contribution in [0.1, 0.15) is 169 Å². The number of hydrogen-bond acceptors (Lipinski definition) is 2. The van der Waals surface area contributed by atoms with E-state index in [0.717, 1.165) is 19.3 Å². The zero-order valence-corrected chi connectivity index (χ0v) is 27.1. The second kappa shape index (κ2) is 24.8. The van der Waals surface area contributed by atoms with Crippen LogP contribution in [0.3, 0.4) is 0 Å².